The number of halogens is 1. The number of benzene rings is 1. The zero-order valence-electron chi connectivity index (χ0n) is 14.1. The van der Waals surface area contributed by atoms with Gasteiger partial charge in [0.05, 0.1) is 6.61 Å². The molecule has 1 rings (SSSR count). The van der Waals surface area contributed by atoms with Gasteiger partial charge in [-0.05, 0) is 62.8 Å². The summed E-state index contributed by atoms with van der Waals surface area (Å²) in [7, 11) is 0. The SMILES string of the molecule is Cc1cc(Cl)ccc1OCCCC(=O)N[C@@H](C)CCC(C)C. The molecule has 0 fully saturated rings. The predicted octanol–water partition coefficient (Wildman–Crippen LogP) is 4.75. The van der Waals surface area contributed by atoms with Crippen molar-refractivity contribution in [3.05, 3.63) is 28.8 Å². The lowest BCUT2D eigenvalue weighted by Gasteiger charge is -2.15. The lowest BCUT2D eigenvalue weighted by atomic mass is 10.0. The van der Waals surface area contributed by atoms with Crippen LogP contribution in [0.2, 0.25) is 5.02 Å². The highest BCUT2D eigenvalue weighted by Crippen LogP contribution is 2.21. The van der Waals surface area contributed by atoms with Crippen LogP contribution >= 0.6 is 11.6 Å². The van der Waals surface area contributed by atoms with Crippen LogP contribution in [-0.2, 0) is 4.79 Å². The van der Waals surface area contributed by atoms with Crippen molar-refractivity contribution in [2.75, 3.05) is 6.61 Å². The van der Waals surface area contributed by atoms with E-state index < -0.39 is 0 Å². The summed E-state index contributed by atoms with van der Waals surface area (Å²) in [6.07, 6.45) is 3.38. The molecule has 0 aromatic heterocycles. The summed E-state index contributed by atoms with van der Waals surface area (Å²) in [5.41, 5.74) is 1.01. The van der Waals surface area contributed by atoms with Crippen LogP contribution in [0.25, 0.3) is 0 Å². The third-order valence-corrected chi connectivity index (χ3v) is 3.76. The first-order valence-corrected chi connectivity index (χ1v) is 8.44. The summed E-state index contributed by atoms with van der Waals surface area (Å²) < 4.78 is 5.69. The normalized spacial score (nSPS) is 12.3. The molecule has 3 nitrogen and oxygen atoms in total. The van der Waals surface area contributed by atoms with E-state index in [1.165, 1.54) is 0 Å². The predicted molar refractivity (Wildman–Crippen MR) is 92.6 cm³/mol. The molecular weight excluding hydrogens is 298 g/mol. The topological polar surface area (TPSA) is 38.3 Å². The largest absolute Gasteiger partial charge is 0.493 e. The number of rotatable bonds is 9. The lowest BCUT2D eigenvalue weighted by Crippen LogP contribution is -2.32. The Balaban J connectivity index is 2.19. The van der Waals surface area contributed by atoms with Gasteiger partial charge in [-0.2, -0.15) is 0 Å². The van der Waals surface area contributed by atoms with Crippen LogP contribution in [0.5, 0.6) is 5.75 Å². The zero-order chi connectivity index (χ0) is 16.5. The van der Waals surface area contributed by atoms with E-state index in [4.69, 9.17) is 16.3 Å². The van der Waals surface area contributed by atoms with Gasteiger partial charge in [-0.25, -0.2) is 0 Å². The lowest BCUT2D eigenvalue weighted by molar-refractivity contribution is -0.121. The Morgan fingerprint density at radius 3 is 2.64 bits per heavy atom. The number of aryl methyl sites for hydroxylation is 1. The van der Waals surface area contributed by atoms with Gasteiger partial charge in [-0.15, -0.1) is 0 Å². The fraction of sp³-hybridized carbons (Fsp3) is 0.611. The Labute approximate surface area is 139 Å². The van der Waals surface area contributed by atoms with Crippen LogP contribution < -0.4 is 10.1 Å². The molecule has 22 heavy (non-hydrogen) atoms. The van der Waals surface area contributed by atoms with E-state index in [9.17, 15) is 4.79 Å². The highest BCUT2D eigenvalue weighted by atomic mass is 35.5. The molecule has 0 aliphatic rings. The van der Waals surface area contributed by atoms with E-state index in [0.29, 0.717) is 30.4 Å². The van der Waals surface area contributed by atoms with Gasteiger partial charge in [0.15, 0.2) is 0 Å². The summed E-state index contributed by atoms with van der Waals surface area (Å²) in [5, 5.41) is 3.75. The number of ether oxygens (including phenoxy) is 1. The van der Waals surface area contributed by atoms with Gasteiger partial charge in [-0.3, -0.25) is 4.79 Å². The third-order valence-electron chi connectivity index (χ3n) is 3.53. The van der Waals surface area contributed by atoms with Crippen LogP contribution in [-0.4, -0.2) is 18.6 Å². The van der Waals surface area contributed by atoms with E-state index in [1.54, 1.807) is 0 Å². The molecule has 0 heterocycles. The minimum absolute atomic E-state index is 0.104. The smallest absolute Gasteiger partial charge is 0.220 e. The molecule has 0 radical (unpaired) electrons. The number of amides is 1. The van der Waals surface area contributed by atoms with E-state index in [2.05, 4.69) is 26.1 Å². The van der Waals surface area contributed by atoms with E-state index in [-0.39, 0.29) is 11.9 Å². The monoisotopic (exact) mass is 325 g/mol. The van der Waals surface area contributed by atoms with Crippen molar-refractivity contribution in [3.8, 4) is 5.75 Å². The number of nitrogens with one attached hydrogen (secondary N) is 1. The van der Waals surface area contributed by atoms with E-state index >= 15 is 0 Å². The molecule has 0 saturated carbocycles. The van der Waals surface area contributed by atoms with Gasteiger partial charge in [0, 0.05) is 17.5 Å². The molecule has 4 heteroatoms. The van der Waals surface area contributed by atoms with Crippen molar-refractivity contribution in [2.24, 2.45) is 5.92 Å². The maximum atomic E-state index is 11.8. The molecule has 1 aromatic carbocycles. The molecule has 1 aromatic rings. The fourth-order valence-corrected chi connectivity index (χ4v) is 2.42. The summed E-state index contributed by atoms with van der Waals surface area (Å²) in [4.78, 5) is 11.8. The average molecular weight is 326 g/mol. The second-order valence-corrected chi connectivity index (χ2v) is 6.74. The molecule has 1 amide bonds. The van der Waals surface area contributed by atoms with Crippen LogP contribution in [0, 0.1) is 12.8 Å². The Morgan fingerprint density at radius 2 is 2.00 bits per heavy atom. The minimum Gasteiger partial charge on any atom is -0.493 e. The fourth-order valence-electron chi connectivity index (χ4n) is 2.19. The van der Waals surface area contributed by atoms with Gasteiger partial charge < -0.3 is 10.1 Å². The summed E-state index contributed by atoms with van der Waals surface area (Å²) >= 11 is 5.90. The number of hydrogen-bond donors (Lipinski definition) is 1. The molecule has 0 aliphatic carbocycles. The number of carbonyl (C=O) groups excluding carboxylic acids is 1. The zero-order valence-corrected chi connectivity index (χ0v) is 14.9. The van der Waals surface area contributed by atoms with Crippen molar-refractivity contribution in [1.29, 1.82) is 0 Å². The van der Waals surface area contributed by atoms with Crippen molar-refractivity contribution in [3.63, 3.8) is 0 Å². The van der Waals surface area contributed by atoms with Gasteiger partial charge in [0.2, 0.25) is 5.91 Å². The third kappa shape index (κ3) is 7.69. The maximum Gasteiger partial charge on any atom is 0.220 e. The minimum atomic E-state index is 0.104. The quantitative estimate of drug-likeness (QED) is 0.665. The van der Waals surface area contributed by atoms with Crippen LogP contribution in [0.15, 0.2) is 18.2 Å². The van der Waals surface area contributed by atoms with Gasteiger partial charge in [0.25, 0.3) is 0 Å². The van der Waals surface area contributed by atoms with Crippen molar-refractivity contribution in [1.82, 2.24) is 5.32 Å². The Morgan fingerprint density at radius 1 is 1.27 bits per heavy atom. The van der Waals surface area contributed by atoms with Crippen molar-refractivity contribution in [2.45, 2.75) is 59.4 Å². The van der Waals surface area contributed by atoms with Crippen LogP contribution in [0.4, 0.5) is 0 Å². The summed E-state index contributed by atoms with van der Waals surface area (Å²) in [6, 6.07) is 5.80. The molecule has 1 atom stereocenters. The van der Waals surface area contributed by atoms with Crippen molar-refractivity contribution >= 4 is 17.5 Å². The van der Waals surface area contributed by atoms with Gasteiger partial charge >= 0.3 is 0 Å². The van der Waals surface area contributed by atoms with Crippen molar-refractivity contribution < 1.29 is 9.53 Å². The first-order valence-electron chi connectivity index (χ1n) is 8.06. The second kappa shape index (κ2) is 9.73. The first-order chi connectivity index (χ1) is 10.4. The molecule has 1 N–H and O–H groups in total. The highest BCUT2D eigenvalue weighted by molar-refractivity contribution is 6.30. The number of hydrogen-bond acceptors (Lipinski definition) is 2. The highest BCUT2D eigenvalue weighted by Gasteiger charge is 2.08. The molecule has 0 spiro atoms. The molecular formula is C18H28ClNO2. The van der Waals surface area contributed by atoms with E-state index in [1.807, 2.05) is 25.1 Å². The first kappa shape index (κ1) is 18.8. The molecule has 0 aliphatic heterocycles. The number of carbonyl (C=O) groups is 1. The summed E-state index contributed by atoms with van der Waals surface area (Å²) in [5.74, 6) is 1.61. The maximum absolute atomic E-state index is 11.8. The van der Waals surface area contributed by atoms with Crippen LogP contribution in [0.3, 0.4) is 0 Å². The average Bonchev–Trinajstić information content (AvgIpc) is 2.43. The molecule has 124 valence electrons. The van der Waals surface area contributed by atoms with Gasteiger partial charge in [0.1, 0.15) is 5.75 Å². The Hall–Kier alpha value is -1.22. The molecule has 0 unspecified atom stereocenters. The Bertz CT molecular complexity index is 474. The van der Waals surface area contributed by atoms with E-state index in [0.717, 1.165) is 24.2 Å². The van der Waals surface area contributed by atoms with Crippen LogP contribution in [0.1, 0.15) is 52.0 Å². The Kier molecular flexibility index (Phi) is 8.32. The molecule has 0 bridgehead atoms. The second-order valence-electron chi connectivity index (χ2n) is 6.30. The van der Waals surface area contributed by atoms with Gasteiger partial charge in [-0.1, -0.05) is 25.4 Å². The standard InChI is InChI=1S/C18H28ClNO2/c1-13(2)7-8-15(4)20-18(21)6-5-11-22-17-10-9-16(19)12-14(17)3/h9-10,12-13,15H,5-8,11H2,1-4H3,(H,20,21)/t15-/m0/s1. The summed E-state index contributed by atoms with van der Waals surface area (Å²) in [6.45, 7) is 8.96. The molecule has 0 saturated heterocycles.